The number of rotatable bonds is 6. The summed E-state index contributed by atoms with van der Waals surface area (Å²) in [6.07, 6.45) is 3.16. The molecule has 0 unspecified atom stereocenters. The fraction of sp³-hybridized carbons (Fsp3) is 0.174. The van der Waals surface area contributed by atoms with Gasteiger partial charge in [-0.1, -0.05) is 42.5 Å². The first kappa shape index (κ1) is 17.6. The van der Waals surface area contributed by atoms with E-state index in [9.17, 15) is 0 Å². The van der Waals surface area contributed by atoms with Crippen molar-refractivity contribution >= 4 is 28.7 Å². The Morgan fingerprint density at radius 3 is 2.26 bits per heavy atom. The molecule has 4 N–H and O–H groups in total. The molecule has 0 saturated carbocycles. The SMILES string of the molecule is NC(=S)Nc1ccc2c(c1)Cc1cc(NCCCc3ccccc3)ccc1-2. The zero-order valence-electron chi connectivity index (χ0n) is 15.2. The summed E-state index contributed by atoms with van der Waals surface area (Å²) >= 11 is 4.93. The molecular weight excluding hydrogens is 350 g/mol. The van der Waals surface area contributed by atoms with E-state index in [4.69, 9.17) is 18.0 Å². The Hall–Kier alpha value is -2.85. The third-order valence-corrected chi connectivity index (χ3v) is 5.07. The summed E-state index contributed by atoms with van der Waals surface area (Å²) in [4.78, 5) is 0. The zero-order chi connectivity index (χ0) is 18.6. The molecule has 4 heteroatoms. The van der Waals surface area contributed by atoms with Gasteiger partial charge in [0, 0.05) is 17.9 Å². The lowest BCUT2D eigenvalue weighted by atomic mass is 10.0. The smallest absolute Gasteiger partial charge is 0.168 e. The van der Waals surface area contributed by atoms with Crippen LogP contribution in [0.15, 0.2) is 66.7 Å². The van der Waals surface area contributed by atoms with Crippen LogP contribution in [-0.2, 0) is 12.8 Å². The molecule has 0 aromatic heterocycles. The normalized spacial score (nSPS) is 11.6. The molecule has 0 spiro atoms. The second-order valence-corrected chi connectivity index (χ2v) is 7.37. The number of thiocarbonyl (C=S) groups is 1. The highest BCUT2D eigenvalue weighted by atomic mass is 32.1. The van der Waals surface area contributed by atoms with Gasteiger partial charge in [-0.05, 0) is 83.6 Å². The van der Waals surface area contributed by atoms with Crippen LogP contribution >= 0.6 is 12.2 Å². The molecule has 136 valence electrons. The lowest BCUT2D eigenvalue weighted by Crippen LogP contribution is -2.18. The molecule has 3 aromatic carbocycles. The zero-order valence-corrected chi connectivity index (χ0v) is 16.0. The number of fused-ring (bicyclic) bond motifs is 3. The highest BCUT2D eigenvalue weighted by Crippen LogP contribution is 2.39. The highest BCUT2D eigenvalue weighted by molar-refractivity contribution is 7.80. The molecule has 0 fully saturated rings. The minimum absolute atomic E-state index is 0.299. The number of nitrogens with one attached hydrogen (secondary N) is 2. The third kappa shape index (κ3) is 4.12. The highest BCUT2D eigenvalue weighted by Gasteiger charge is 2.19. The van der Waals surface area contributed by atoms with E-state index in [2.05, 4.69) is 71.3 Å². The van der Waals surface area contributed by atoms with E-state index < -0.39 is 0 Å². The van der Waals surface area contributed by atoms with E-state index in [1.165, 1.54) is 33.5 Å². The number of benzene rings is 3. The molecule has 3 nitrogen and oxygen atoms in total. The van der Waals surface area contributed by atoms with Crippen molar-refractivity contribution in [3.05, 3.63) is 83.4 Å². The van der Waals surface area contributed by atoms with Crippen LogP contribution in [0.5, 0.6) is 0 Å². The summed E-state index contributed by atoms with van der Waals surface area (Å²) in [6, 6.07) is 23.6. The van der Waals surface area contributed by atoms with Gasteiger partial charge in [0.2, 0.25) is 0 Å². The van der Waals surface area contributed by atoms with Crippen molar-refractivity contribution in [1.29, 1.82) is 0 Å². The van der Waals surface area contributed by atoms with Crippen LogP contribution in [0, 0.1) is 0 Å². The van der Waals surface area contributed by atoms with Gasteiger partial charge in [0.1, 0.15) is 0 Å². The van der Waals surface area contributed by atoms with E-state index in [1.807, 2.05) is 6.07 Å². The quantitative estimate of drug-likeness (QED) is 0.330. The molecule has 0 bridgehead atoms. The average molecular weight is 374 g/mol. The molecule has 0 amide bonds. The van der Waals surface area contributed by atoms with Crippen molar-refractivity contribution in [2.75, 3.05) is 17.2 Å². The van der Waals surface area contributed by atoms with Gasteiger partial charge in [-0.25, -0.2) is 0 Å². The Kier molecular flexibility index (Phi) is 5.07. The maximum atomic E-state index is 5.58. The minimum atomic E-state index is 0.299. The van der Waals surface area contributed by atoms with Crippen molar-refractivity contribution in [2.45, 2.75) is 19.3 Å². The van der Waals surface area contributed by atoms with Crippen LogP contribution in [0.25, 0.3) is 11.1 Å². The number of anilines is 2. The molecule has 27 heavy (non-hydrogen) atoms. The van der Waals surface area contributed by atoms with Gasteiger partial charge in [0.15, 0.2) is 5.11 Å². The molecule has 0 radical (unpaired) electrons. The Morgan fingerprint density at radius 1 is 0.889 bits per heavy atom. The van der Waals surface area contributed by atoms with E-state index >= 15 is 0 Å². The molecular formula is C23H23N3S. The first-order valence-electron chi connectivity index (χ1n) is 9.29. The second-order valence-electron chi connectivity index (χ2n) is 6.93. The maximum Gasteiger partial charge on any atom is 0.168 e. The lowest BCUT2D eigenvalue weighted by molar-refractivity contribution is 0.863. The molecule has 0 aliphatic heterocycles. The van der Waals surface area contributed by atoms with Gasteiger partial charge < -0.3 is 16.4 Å². The number of nitrogens with two attached hydrogens (primary N) is 1. The van der Waals surface area contributed by atoms with Gasteiger partial charge in [-0.2, -0.15) is 0 Å². The van der Waals surface area contributed by atoms with Crippen LogP contribution < -0.4 is 16.4 Å². The van der Waals surface area contributed by atoms with E-state index in [1.54, 1.807) is 0 Å². The molecule has 0 saturated heterocycles. The minimum Gasteiger partial charge on any atom is -0.385 e. The standard InChI is InChI=1S/C23H23N3S/c24-23(27)26-20-9-11-22-18(15-20)13-17-14-19(8-10-21(17)22)25-12-4-7-16-5-2-1-3-6-16/h1-3,5-6,8-11,14-15,25H,4,7,12-13H2,(H3,24,26,27). The van der Waals surface area contributed by atoms with Gasteiger partial charge in [0.25, 0.3) is 0 Å². The topological polar surface area (TPSA) is 50.1 Å². The van der Waals surface area contributed by atoms with Crippen LogP contribution in [0.2, 0.25) is 0 Å². The number of hydrogen-bond acceptors (Lipinski definition) is 2. The second kappa shape index (κ2) is 7.80. The summed E-state index contributed by atoms with van der Waals surface area (Å²) < 4.78 is 0. The first-order chi connectivity index (χ1) is 13.2. The predicted molar refractivity (Wildman–Crippen MR) is 118 cm³/mol. The fourth-order valence-electron chi connectivity index (χ4n) is 3.71. The molecule has 4 rings (SSSR count). The third-order valence-electron chi connectivity index (χ3n) is 4.96. The molecule has 3 aromatic rings. The van der Waals surface area contributed by atoms with Gasteiger partial charge >= 0.3 is 0 Å². The van der Waals surface area contributed by atoms with Crippen LogP contribution in [0.4, 0.5) is 11.4 Å². The maximum absolute atomic E-state index is 5.58. The fourth-order valence-corrected chi connectivity index (χ4v) is 3.83. The van der Waals surface area contributed by atoms with Crippen LogP contribution in [0.1, 0.15) is 23.1 Å². The number of aryl methyl sites for hydroxylation is 1. The monoisotopic (exact) mass is 373 g/mol. The largest absolute Gasteiger partial charge is 0.385 e. The van der Waals surface area contributed by atoms with Crippen molar-refractivity contribution < 1.29 is 0 Å². The van der Waals surface area contributed by atoms with E-state index in [0.717, 1.165) is 31.5 Å². The van der Waals surface area contributed by atoms with Crippen molar-refractivity contribution in [3.63, 3.8) is 0 Å². The first-order valence-corrected chi connectivity index (χ1v) is 9.70. The van der Waals surface area contributed by atoms with Crippen LogP contribution in [-0.4, -0.2) is 11.7 Å². The predicted octanol–water partition coefficient (Wildman–Crippen LogP) is 4.96. The molecule has 1 aliphatic rings. The van der Waals surface area contributed by atoms with E-state index in [0.29, 0.717) is 5.11 Å². The lowest BCUT2D eigenvalue weighted by Gasteiger charge is -2.09. The van der Waals surface area contributed by atoms with E-state index in [-0.39, 0.29) is 0 Å². The summed E-state index contributed by atoms with van der Waals surface area (Å²) in [5, 5.41) is 6.88. The van der Waals surface area contributed by atoms with Crippen LogP contribution in [0.3, 0.4) is 0 Å². The van der Waals surface area contributed by atoms with Crippen molar-refractivity contribution in [3.8, 4) is 11.1 Å². The molecule has 0 heterocycles. The Labute approximate surface area is 165 Å². The summed E-state index contributed by atoms with van der Waals surface area (Å²) in [6.45, 7) is 0.975. The summed E-state index contributed by atoms with van der Waals surface area (Å²) in [5.41, 5.74) is 14.4. The Morgan fingerprint density at radius 2 is 1.56 bits per heavy atom. The molecule has 0 atom stereocenters. The van der Waals surface area contributed by atoms with Gasteiger partial charge in [-0.3, -0.25) is 0 Å². The Bertz CT molecular complexity index is 967. The summed E-state index contributed by atoms with van der Waals surface area (Å²) in [7, 11) is 0. The number of hydrogen-bond donors (Lipinski definition) is 3. The van der Waals surface area contributed by atoms with Crippen molar-refractivity contribution in [2.24, 2.45) is 5.73 Å². The van der Waals surface area contributed by atoms with Gasteiger partial charge in [-0.15, -0.1) is 0 Å². The van der Waals surface area contributed by atoms with Gasteiger partial charge in [0.05, 0.1) is 0 Å². The van der Waals surface area contributed by atoms with Crippen molar-refractivity contribution in [1.82, 2.24) is 0 Å². The molecule has 1 aliphatic carbocycles. The summed E-state index contributed by atoms with van der Waals surface area (Å²) in [5.74, 6) is 0. The average Bonchev–Trinajstić information content (AvgIpc) is 3.02. The Balaban J connectivity index is 1.39.